The van der Waals surface area contributed by atoms with Crippen LogP contribution in [0.25, 0.3) is 11.0 Å². The van der Waals surface area contributed by atoms with Crippen LogP contribution in [0.5, 0.6) is 0 Å². The molecule has 152 valence electrons. The van der Waals surface area contributed by atoms with Gasteiger partial charge in [-0.2, -0.15) is 13.2 Å². The van der Waals surface area contributed by atoms with Crippen LogP contribution in [-0.2, 0) is 10.9 Å². The number of aromatic amines is 1. The zero-order valence-electron chi connectivity index (χ0n) is 15.6. The van der Waals surface area contributed by atoms with Crippen molar-refractivity contribution in [2.45, 2.75) is 26.1 Å². The van der Waals surface area contributed by atoms with E-state index in [9.17, 15) is 22.8 Å². The fraction of sp³-hybridized carbons (Fsp3) is 0.278. The second kappa shape index (κ2) is 7.49. The quantitative estimate of drug-likeness (QED) is 0.640. The first-order chi connectivity index (χ1) is 13.6. The van der Waals surface area contributed by atoms with Gasteiger partial charge in [-0.25, -0.2) is 19.7 Å². The van der Waals surface area contributed by atoms with Crippen LogP contribution in [-0.4, -0.2) is 33.0 Å². The highest BCUT2D eigenvalue weighted by Gasteiger charge is 2.37. The van der Waals surface area contributed by atoms with E-state index in [1.165, 1.54) is 39.3 Å². The summed E-state index contributed by atoms with van der Waals surface area (Å²) in [6.07, 6.45) is -3.45. The Morgan fingerprint density at radius 3 is 2.59 bits per heavy atom. The van der Waals surface area contributed by atoms with Crippen molar-refractivity contribution in [3.05, 3.63) is 57.5 Å². The maximum Gasteiger partial charge on any atom is 0.433 e. The molecule has 3 aromatic heterocycles. The summed E-state index contributed by atoms with van der Waals surface area (Å²) in [6, 6.07) is 3.11. The molecule has 0 aliphatic rings. The van der Waals surface area contributed by atoms with E-state index in [2.05, 4.69) is 30.0 Å². The molecule has 1 atom stereocenters. The lowest BCUT2D eigenvalue weighted by molar-refractivity contribution is -0.141. The lowest BCUT2D eigenvalue weighted by Gasteiger charge is -2.20. The molecule has 0 aromatic carbocycles. The molecule has 0 aliphatic carbocycles. The number of hydrogen-bond donors (Lipinski definition) is 2. The molecule has 0 bridgehead atoms. The van der Waals surface area contributed by atoms with E-state index < -0.39 is 29.4 Å². The predicted octanol–water partition coefficient (Wildman–Crippen LogP) is 3.00. The first-order valence-corrected chi connectivity index (χ1v) is 8.40. The van der Waals surface area contributed by atoms with Crippen LogP contribution in [0.2, 0.25) is 0 Å². The highest BCUT2D eigenvalue weighted by molar-refractivity contribution is 5.87. The summed E-state index contributed by atoms with van der Waals surface area (Å²) < 4.78 is 45.3. The predicted molar refractivity (Wildman–Crippen MR) is 97.5 cm³/mol. The monoisotopic (exact) mass is 407 g/mol. The largest absolute Gasteiger partial charge is 0.464 e. The Morgan fingerprint density at radius 1 is 1.28 bits per heavy atom. The minimum absolute atomic E-state index is 0.0496. The van der Waals surface area contributed by atoms with Crippen molar-refractivity contribution < 1.29 is 22.7 Å². The summed E-state index contributed by atoms with van der Waals surface area (Å²) >= 11 is 0. The number of alkyl halides is 3. The van der Waals surface area contributed by atoms with Crippen molar-refractivity contribution in [3.8, 4) is 0 Å². The van der Waals surface area contributed by atoms with E-state index in [1.54, 1.807) is 0 Å². The number of fused-ring (bicyclic) bond motifs is 1. The Kier molecular flexibility index (Phi) is 5.23. The summed E-state index contributed by atoms with van der Waals surface area (Å²) in [5.74, 6) is -0.469. The normalized spacial score (nSPS) is 12.6. The number of aryl methyl sites for hydroxylation is 1. The van der Waals surface area contributed by atoms with Crippen LogP contribution in [0.1, 0.15) is 40.5 Å². The fourth-order valence-corrected chi connectivity index (χ4v) is 2.78. The molecular formula is C18H16F3N5O3. The minimum atomic E-state index is -4.75. The average Bonchev–Trinajstić information content (AvgIpc) is 2.66. The molecular weight excluding hydrogens is 391 g/mol. The third-order valence-corrected chi connectivity index (χ3v) is 4.12. The number of rotatable bonds is 4. The number of aromatic nitrogens is 4. The molecule has 29 heavy (non-hydrogen) atoms. The molecule has 2 N–H and O–H groups in total. The fourth-order valence-electron chi connectivity index (χ4n) is 2.78. The number of pyridine rings is 2. The molecule has 3 heterocycles. The van der Waals surface area contributed by atoms with Crippen molar-refractivity contribution >= 4 is 22.7 Å². The molecule has 11 heteroatoms. The van der Waals surface area contributed by atoms with Crippen LogP contribution in [0.15, 0.2) is 29.2 Å². The molecule has 0 radical (unpaired) electrons. The van der Waals surface area contributed by atoms with Gasteiger partial charge in [0, 0.05) is 5.56 Å². The second-order valence-corrected chi connectivity index (χ2v) is 6.24. The van der Waals surface area contributed by atoms with Crippen LogP contribution in [0.4, 0.5) is 18.9 Å². The molecule has 0 saturated heterocycles. The van der Waals surface area contributed by atoms with Crippen LogP contribution in [0, 0.1) is 6.92 Å². The molecule has 0 amide bonds. The SMILES string of the molecule is COC(=O)c1ccc(N[C@H](C)c2cc3c(=O)[nH]c(C)nc3nc2C(F)(F)F)cn1. The lowest BCUT2D eigenvalue weighted by atomic mass is 10.0. The Balaban J connectivity index is 2.03. The Hall–Kier alpha value is -3.50. The highest BCUT2D eigenvalue weighted by Crippen LogP contribution is 2.35. The number of esters is 1. The summed E-state index contributed by atoms with van der Waals surface area (Å²) in [4.78, 5) is 37.4. The van der Waals surface area contributed by atoms with Crippen molar-refractivity contribution in [2.75, 3.05) is 12.4 Å². The summed E-state index contributed by atoms with van der Waals surface area (Å²) in [5, 5.41) is 2.81. The van der Waals surface area contributed by atoms with Gasteiger partial charge in [-0.15, -0.1) is 0 Å². The molecule has 8 nitrogen and oxygen atoms in total. The van der Waals surface area contributed by atoms with Gasteiger partial charge in [-0.1, -0.05) is 0 Å². The first kappa shape index (κ1) is 20.2. The van der Waals surface area contributed by atoms with Crippen LogP contribution < -0.4 is 10.9 Å². The highest BCUT2D eigenvalue weighted by atomic mass is 19.4. The summed E-state index contributed by atoms with van der Waals surface area (Å²) in [5.41, 5.74) is -1.79. The van der Waals surface area contributed by atoms with Crippen molar-refractivity contribution in [3.63, 3.8) is 0 Å². The molecule has 3 aromatic rings. The number of halogens is 3. The summed E-state index contributed by atoms with van der Waals surface area (Å²) in [7, 11) is 1.21. The molecule has 0 unspecified atom stereocenters. The van der Waals surface area contributed by atoms with Gasteiger partial charge in [0.15, 0.2) is 11.3 Å². The average molecular weight is 407 g/mol. The second-order valence-electron chi connectivity index (χ2n) is 6.24. The Morgan fingerprint density at radius 2 is 2.00 bits per heavy atom. The number of nitrogens with zero attached hydrogens (tertiary/aromatic N) is 3. The number of hydrogen-bond acceptors (Lipinski definition) is 7. The third-order valence-electron chi connectivity index (χ3n) is 4.12. The number of methoxy groups -OCH3 is 1. The molecule has 0 saturated carbocycles. The third kappa shape index (κ3) is 4.18. The van der Waals surface area contributed by atoms with Gasteiger partial charge in [0.1, 0.15) is 11.5 Å². The van der Waals surface area contributed by atoms with Gasteiger partial charge >= 0.3 is 12.1 Å². The summed E-state index contributed by atoms with van der Waals surface area (Å²) in [6.45, 7) is 2.95. The van der Waals surface area contributed by atoms with E-state index in [1.807, 2.05) is 0 Å². The zero-order valence-corrected chi connectivity index (χ0v) is 15.6. The standard InChI is InChI=1S/C18H16F3N5O3/c1-8(23-10-4-5-13(22-7-10)17(28)29-3)11-6-12-15(24-9(2)25-16(12)27)26-14(11)18(19,20)21/h4-8,23H,1-3H3,(H,24,25,26,27)/t8-/m1/s1. The number of carbonyl (C=O) groups is 1. The topological polar surface area (TPSA) is 110 Å². The number of ether oxygens (including phenoxy) is 1. The van der Waals surface area contributed by atoms with Gasteiger partial charge in [0.2, 0.25) is 0 Å². The van der Waals surface area contributed by atoms with Crippen molar-refractivity contribution in [1.82, 2.24) is 19.9 Å². The van der Waals surface area contributed by atoms with E-state index >= 15 is 0 Å². The number of nitrogens with one attached hydrogen (secondary N) is 2. The lowest BCUT2D eigenvalue weighted by Crippen LogP contribution is -2.20. The van der Waals surface area contributed by atoms with Gasteiger partial charge in [-0.3, -0.25) is 4.79 Å². The molecule has 0 fully saturated rings. The van der Waals surface area contributed by atoms with E-state index in [0.29, 0.717) is 5.69 Å². The Labute approximate surface area is 162 Å². The first-order valence-electron chi connectivity index (χ1n) is 8.40. The maximum atomic E-state index is 13.6. The smallest absolute Gasteiger partial charge is 0.433 e. The van der Waals surface area contributed by atoms with Gasteiger partial charge in [0.05, 0.1) is 30.4 Å². The molecule has 0 aliphatic heterocycles. The van der Waals surface area contributed by atoms with Gasteiger partial charge < -0.3 is 15.0 Å². The number of anilines is 1. The zero-order chi connectivity index (χ0) is 21.3. The number of H-pyrrole nitrogens is 1. The van der Waals surface area contributed by atoms with E-state index in [-0.39, 0.29) is 28.1 Å². The van der Waals surface area contributed by atoms with Crippen molar-refractivity contribution in [1.29, 1.82) is 0 Å². The van der Waals surface area contributed by atoms with Gasteiger partial charge in [-0.05, 0) is 32.0 Å². The Bertz CT molecular complexity index is 1130. The maximum absolute atomic E-state index is 13.6. The van der Waals surface area contributed by atoms with Crippen LogP contribution in [0.3, 0.4) is 0 Å². The molecule has 0 spiro atoms. The molecule has 3 rings (SSSR count). The van der Waals surface area contributed by atoms with Gasteiger partial charge in [0.25, 0.3) is 5.56 Å². The van der Waals surface area contributed by atoms with E-state index in [0.717, 1.165) is 6.07 Å². The van der Waals surface area contributed by atoms with E-state index in [4.69, 9.17) is 0 Å². The van der Waals surface area contributed by atoms with Crippen molar-refractivity contribution in [2.24, 2.45) is 0 Å². The minimum Gasteiger partial charge on any atom is -0.464 e. The number of carbonyl (C=O) groups excluding carboxylic acids is 1. The van der Waals surface area contributed by atoms with Crippen LogP contribution >= 0.6 is 0 Å².